The number of nitrogens with one attached hydrogen (secondary N) is 1. The first kappa shape index (κ1) is 17.1. The third-order valence-corrected chi connectivity index (χ3v) is 4.31. The van der Waals surface area contributed by atoms with E-state index in [1.165, 1.54) is 0 Å². The van der Waals surface area contributed by atoms with Crippen LogP contribution in [0.4, 0.5) is 5.69 Å². The number of aromatic nitrogens is 3. The zero-order valence-electron chi connectivity index (χ0n) is 14.8. The Hall–Kier alpha value is -2.77. The number of phenols is 1. The molecule has 0 unspecified atom stereocenters. The van der Waals surface area contributed by atoms with Gasteiger partial charge in [0.25, 0.3) is 0 Å². The minimum atomic E-state index is 0.332. The number of phenolic OH excluding ortho intramolecular Hbond substituents is 1. The van der Waals surface area contributed by atoms with Gasteiger partial charge in [-0.25, -0.2) is 9.98 Å². The van der Waals surface area contributed by atoms with E-state index in [4.69, 9.17) is 4.99 Å². The molecular weight excluding hydrogens is 318 g/mol. The number of para-hydroxylation sites is 2. The number of benzene rings is 1. The highest BCUT2D eigenvalue weighted by molar-refractivity contribution is 5.80. The smallest absolute Gasteiger partial charge is 0.194 e. The van der Waals surface area contributed by atoms with Crippen molar-refractivity contribution in [2.45, 2.75) is 13.5 Å². The van der Waals surface area contributed by atoms with Crippen LogP contribution in [0.1, 0.15) is 12.7 Å². The van der Waals surface area contributed by atoms with Crippen LogP contribution in [0.5, 0.6) is 5.75 Å². The van der Waals surface area contributed by atoms with Gasteiger partial charge in [-0.15, -0.1) is 0 Å². The van der Waals surface area contributed by atoms with Gasteiger partial charge in [-0.2, -0.15) is 5.10 Å². The van der Waals surface area contributed by atoms with Crippen LogP contribution in [0.25, 0.3) is 0 Å². The maximum Gasteiger partial charge on any atom is 0.194 e. The van der Waals surface area contributed by atoms with Gasteiger partial charge in [0.15, 0.2) is 5.96 Å². The number of guanidine groups is 1. The molecule has 0 amide bonds. The van der Waals surface area contributed by atoms with Crippen LogP contribution in [0.15, 0.2) is 35.6 Å². The van der Waals surface area contributed by atoms with Gasteiger partial charge in [0, 0.05) is 39.8 Å². The number of nitrogens with zero attached hydrogens (tertiary/aromatic N) is 6. The Morgan fingerprint density at radius 1 is 1.24 bits per heavy atom. The Morgan fingerprint density at radius 3 is 2.64 bits per heavy atom. The highest BCUT2D eigenvalue weighted by Crippen LogP contribution is 2.27. The molecule has 1 saturated heterocycles. The highest BCUT2D eigenvalue weighted by atomic mass is 16.3. The Bertz CT molecular complexity index is 719. The molecule has 8 heteroatoms. The monoisotopic (exact) mass is 343 g/mol. The topological polar surface area (TPSA) is 81.8 Å². The van der Waals surface area contributed by atoms with Crippen molar-refractivity contribution in [3.63, 3.8) is 0 Å². The standard InChI is InChI=1S/C17H25N7O/c1-3-18-17(19-12-16-20-13-21-22(16)2)24-10-8-23(9-11-24)14-6-4-5-7-15(14)25/h4-7,13,25H,3,8-12H2,1-2H3,(H,18,19). The second kappa shape index (κ2) is 7.87. The van der Waals surface area contributed by atoms with Crippen molar-refractivity contribution < 1.29 is 5.11 Å². The fourth-order valence-electron chi connectivity index (χ4n) is 2.93. The van der Waals surface area contributed by atoms with Gasteiger partial charge in [-0.3, -0.25) is 4.68 Å². The van der Waals surface area contributed by atoms with E-state index in [1.54, 1.807) is 17.1 Å². The van der Waals surface area contributed by atoms with E-state index in [2.05, 4.69) is 32.1 Å². The first-order valence-corrected chi connectivity index (χ1v) is 8.58. The minimum Gasteiger partial charge on any atom is -0.506 e. The van der Waals surface area contributed by atoms with Crippen LogP contribution in [0, 0.1) is 0 Å². The van der Waals surface area contributed by atoms with E-state index in [1.807, 2.05) is 25.2 Å². The summed E-state index contributed by atoms with van der Waals surface area (Å²) in [5.41, 5.74) is 0.892. The van der Waals surface area contributed by atoms with Crippen LogP contribution in [-0.2, 0) is 13.6 Å². The Balaban J connectivity index is 1.64. The van der Waals surface area contributed by atoms with Crippen LogP contribution in [-0.4, -0.2) is 63.5 Å². The van der Waals surface area contributed by atoms with Gasteiger partial charge in [-0.1, -0.05) is 12.1 Å². The number of aliphatic imine (C=N–C) groups is 1. The van der Waals surface area contributed by atoms with Crippen molar-refractivity contribution >= 4 is 11.6 Å². The van der Waals surface area contributed by atoms with Crippen LogP contribution >= 0.6 is 0 Å². The fraction of sp³-hybridized carbons (Fsp3) is 0.471. The summed E-state index contributed by atoms with van der Waals surface area (Å²) in [6.45, 7) is 6.75. The van der Waals surface area contributed by atoms with Crippen molar-refractivity contribution in [2.75, 3.05) is 37.6 Å². The third kappa shape index (κ3) is 4.01. The zero-order valence-corrected chi connectivity index (χ0v) is 14.8. The first-order chi connectivity index (χ1) is 12.2. The predicted molar refractivity (Wildman–Crippen MR) is 97.7 cm³/mol. The number of hydrogen-bond donors (Lipinski definition) is 2. The number of aromatic hydroxyl groups is 1. The summed E-state index contributed by atoms with van der Waals surface area (Å²) in [5.74, 6) is 2.06. The Morgan fingerprint density at radius 2 is 2.00 bits per heavy atom. The predicted octanol–water partition coefficient (Wildman–Crippen LogP) is 0.808. The lowest BCUT2D eigenvalue weighted by atomic mass is 10.2. The summed E-state index contributed by atoms with van der Waals surface area (Å²) in [7, 11) is 1.87. The van der Waals surface area contributed by atoms with Crippen LogP contribution < -0.4 is 10.2 Å². The molecule has 2 N–H and O–H groups in total. The van der Waals surface area contributed by atoms with Gasteiger partial charge in [-0.05, 0) is 19.1 Å². The lowest BCUT2D eigenvalue weighted by molar-refractivity contribution is 0.369. The number of aryl methyl sites for hydroxylation is 1. The fourth-order valence-corrected chi connectivity index (χ4v) is 2.93. The van der Waals surface area contributed by atoms with Gasteiger partial charge in [0.2, 0.25) is 0 Å². The molecule has 0 atom stereocenters. The molecular formula is C17H25N7O. The summed E-state index contributed by atoms with van der Waals surface area (Å²) >= 11 is 0. The Kier molecular flexibility index (Phi) is 5.37. The number of anilines is 1. The second-order valence-electron chi connectivity index (χ2n) is 5.93. The number of rotatable bonds is 4. The van der Waals surface area contributed by atoms with Gasteiger partial charge < -0.3 is 20.2 Å². The molecule has 1 aromatic heterocycles. The summed E-state index contributed by atoms with van der Waals surface area (Å²) in [4.78, 5) is 13.4. The highest BCUT2D eigenvalue weighted by Gasteiger charge is 2.21. The molecule has 2 aromatic rings. The molecule has 2 heterocycles. The molecule has 0 aliphatic carbocycles. The maximum absolute atomic E-state index is 10.0. The van der Waals surface area contributed by atoms with Crippen LogP contribution in [0.3, 0.4) is 0 Å². The van der Waals surface area contributed by atoms with E-state index < -0.39 is 0 Å². The van der Waals surface area contributed by atoms with E-state index in [9.17, 15) is 5.11 Å². The first-order valence-electron chi connectivity index (χ1n) is 8.58. The molecule has 0 saturated carbocycles. The van der Waals surface area contributed by atoms with Crippen molar-refractivity contribution in [1.82, 2.24) is 25.0 Å². The molecule has 1 aromatic carbocycles. The summed E-state index contributed by atoms with van der Waals surface area (Å²) in [6, 6.07) is 7.48. The molecule has 134 valence electrons. The second-order valence-corrected chi connectivity index (χ2v) is 5.93. The maximum atomic E-state index is 10.0. The third-order valence-electron chi connectivity index (χ3n) is 4.31. The number of piperazine rings is 1. The average Bonchev–Trinajstić information content (AvgIpc) is 3.04. The molecule has 0 bridgehead atoms. The lowest BCUT2D eigenvalue weighted by Crippen LogP contribution is -2.52. The molecule has 25 heavy (non-hydrogen) atoms. The molecule has 3 rings (SSSR count). The number of hydrogen-bond acceptors (Lipinski definition) is 5. The van der Waals surface area contributed by atoms with Crippen molar-refractivity contribution in [1.29, 1.82) is 0 Å². The normalized spacial score (nSPS) is 15.5. The van der Waals surface area contributed by atoms with Gasteiger partial charge in [0.1, 0.15) is 24.4 Å². The minimum absolute atomic E-state index is 0.332. The summed E-state index contributed by atoms with van der Waals surface area (Å²) in [6.07, 6.45) is 1.54. The van der Waals surface area contributed by atoms with Crippen molar-refractivity contribution in [2.24, 2.45) is 12.0 Å². The Labute approximate surface area is 147 Å². The molecule has 8 nitrogen and oxygen atoms in total. The van der Waals surface area contributed by atoms with E-state index in [0.717, 1.165) is 50.2 Å². The molecule has 1 aliphatic rings. The summed E-state index contributed by atoms with van der Waals surface area (Å²) in [5, 5.41) is 17.5. The van der Waals surface area contributed by atoms with E-state index in [-0.39, 0.29) is 0 Å². The summed E-state index contributed by atoms with van der Waals surface area (Å²) < 4.78 is 1.74. The quantitative estimate of drug-likeness (QED) is 0.631. The largest absolute Gasteiger partial charge is 0.506 e. The van der Waals surface area contributed by atoms with Gasteiger partial charge >= 0.3 is 0 Å². The molecule has 0 spiro atoms. The van der Waals surface area contributed by atoms with Gasteiger partial charge in [0.05, 0.1) is 5.69 Å². The van der Waals surface area contributed by atoms with E-state index in [0.29, 0.717) is 12.3 Å². The zero-order chi connectivity index (χ0) is 17.6. The molecule has 1 fully saturated rings. The lowest BCUT2D eigenvalue weighted by Gasteiger charge is -2.37. The van der Waals surface area contributed by atoms with E-state index >= 15 is 0 Å². The van der Waals surface area contributed by atoms with Crippen molar-refractivity contribution in [3.8, 4) is 5.75 Å². The SMILES string of the molecule is CCNC(=NCc1ncnn1C)N1CCN(c2ccccc2O)CC1. The van der Waals surface area contributed by atoms with Crippen molar-refractivity contribution in [3.05, 3.63) is 36.4 Å². The molecule has 1 aliphatic heterocycles. The van der Waals surface area contributed by atoms with Crippen LogP contribution in [0.2, 0.25) is 0 Å². The average molecular weight is 343 g/mol. The molecule has 0 radical (unpaired) electrons.